The van der Waals surface area contributed by atoms with Crippen molar-refractivity contribution in [3.05, 3.63) is 0 Å². The monoisotopic (exact) mass is 222 g/mol. The standard InChI is InChI=1S/C8H15FN2O4/c9-1-6(13)11-4-2-10-5(3-12)8(15)7(4)14/h4-5,7-8,10,12,14-15H,1-3H2,(H,11,13)/t4-,5+,7+,8+/m0/s1. The largest absolute Gasteiger partial charge is 0.395 e. The molecule has 6 nitrogen and oxygen atoms in total. The van der Waals surface area contributed by atoms with E-state index in [9.17, 15) is 19.4 Å². The van der Waals surface area contributed by atoms with E-state index in [1.165, 1.54) is 0 Å². The van der Waals surface area contributed by atoms with Gasteiger partial charge in [0, 0.05) is 6.54 Å². The molecule has 1 rings (SSSR count). The lowest BCUT2D eigenvalue weighted by atomic mass is 9.94. The van der Waals surface area contributed by atoms with E-state index in [1.807, 2.05) is 0 Å². The van der Waals surface area contributed by atoms with Gasteiger partial charge in [-0.15, -0.1) is 0 Å². The maximum absolute atomic E-state index is 11.9. The zero-order valence-electron chi connectivity index (χ0n) is 8.06. The lowest BCUT2D eigenvalue weighted by molar-refractivity contribution is -0.125. The molecule has 0 aromatic carbocycles. The number of rotatable bonds is 3. The van der Waals surface area contributed by atoms with Gasteiger partial charge in [-0.2, -0.15) is 0 Å². The van der Waals surface area contributed by atoms with Crippen molar-refractivity contribution in [2.45, 2.75) is 24.3 Å². The van der Waals surface area contributed by atoms with Gasteiger partial charge in [0.2, 0.25) is 0 Å². The number of carbonyl (C=O) groups excluding carboxylic acids is 1. The minimum atomic E-state index is -1.21. The molecule has 1 heterocycles. The minimum absolute atomic E-state index is 0.176. The first-order chi connectivity index (χ1) is 7.10. The molecule has 88 valence electrons. The van der Waals surface area contributed by atoms with E-state index in [1.54, 1.807) is 0 Å². The highest BCUT2D eigenvalue weighted by Crippen LogP contribution is 2.10. The highest BCUT2D eigenvalue weighted by molar-refractivity contribution is 5.77. The summed E-state index contributed by atoms with van der Waals surface area (Å²) in [4.78, 5) is 10.7. The third kappa shape index (κ3) is 2.85. The van der Waals surface area contributed by atoms with Crippen LogP contribution < -0.4 is 10.6 Å². The Morgan fingerprint density at radius 1 is 1.47 bits per heavy atom. The van der Waals surface area contributed by atoms with E-state index in [0.717, 1.165) is 0 Å². The molecule has 0 radical (unpaired) electrons. The Labute approximate surface area is 86.1 Å². The van der Waals surface area contributed by atoms with Crippen LogP contribution in [0.25, 0.3) is 0 Å². The maximum Gasteiger partial charge on any atom is 0.251 e. The van der Waals surface area contributed by atoms with Gasteiger partial charge in [-0.05, 0) is 0 Å². The van der Waals surface area contributed by atoms with Crippen LogP contribution in [-0.4, -0.2) is 65.3 Å². The smallest absolute Gasteiger partial charge is 0.251 e. The lowest BCUT2D eigenvalue weighted by Gasteiger charge is -2.37. The van der Waals surface area contributed by atoms with Gasteiger partial charge in [0.1, 0.15) is 6.10 Å². The van der Waals surface area contributed by atoms with Crippen LogP contribution in [0.2, 0.25) is 0 Å². The van der Waals surface area contributed by atoms with Crippen LogP contribution in [-0.2, 0) is 4.79 Å². The fourth-order valence-electron chi connectivity index (χ4n) is 1.55. The van der Waals surface area contributed by atoms with Crippen LogP contribution in [0, 0.1) is 0 Å². The average Bonchev–Trinajstić information content (AvgIpc) is 2.25. The summed E-state index contributed by atoms with van der Waals surface area (Å²) >= 11 is 0. The zero-order chi connectivity index (χ0) is 11.4. The summed E-state index contributed by atoms with van der Waals surface area (Å²) < 4.78 is 11.9. The van der Waals surface area contributed by atoms with Crippen molar-refractivity contribution >= 4 is 5.91 Å². The minimum Gasteiger partial charge on any atom is -0.395 e. The predicted octanol–water partition coefficient (Wildman–Crippen LogP) is -2.87. The highest BCUT2D eigenvalue weighted by atomic mass is 19.1. The number of piperidine rings is 1. The number of hydrogen-bond donors (Lipinski definition) is 5. The van der Waals surface area contributed by atoms with Gasteiger partial charge in [-0.3, -0.25) is 4.79 Å². The van der Waals surface area contributed by atoms with Crippen molar-refractivity contribution in [2.24, 2.45) is 0 Å². The molecule has 15 heavy (non-hydrogen) atoms. The number of nitrogens with one attached hydrogen (secondary N) is 2. The Hall–Kier alpha value is -0.760. The second-order valence-electron chi connectivity index (χ2n) is 3.49. The molecular formula is C8H15FN2O4. The Balaban J connectivity index is 2.52. The quantitative estimate of drug-likeness (QED) is 0.353. The lowest BCUT2D eigenvalue weighted by Crippen LogP contribution is -2.65. The normalized spacial score (nSPS) is 36.3. The molecule has 7 heteroatoms. The highest BCUT2D eigenvalue weighted by Gasteiger charge is 2.37. The van der Waals surface area contributed by atoms with E-state index in [2.05, 4.69) is 10.6 Å². The average molecular weight is 222 g/mol. The first-order valence-electron chi connectivity index (χ1n) is 4.65. The summed E-state index contributed by atoms with van der Waals surface area (Å²) in [7, 11) is 0. The number of hydrogen-bond acceptors (Lipinski definition) is 5. The van der Waals surface area contributed by atoms with Gasteiger partial charge in [-0.25, -0.2) is 4.39 Å². The van der Waals surface area contributed by atoms with Crippen molar-refractivity contribution in [2.75, 3.05) is 19.8 Å². The SMILES string of the molecule is O=C(CF)N[C@H]1CN[C@H](CO)[C@@H](O)[C@@H]1O. The predicted molar refractivity (Wildman–Crippen MR) is 48.8 cm³/mol. The molecule has 4 atom stereocenters. The van der Waals surface area contributed by atoms with Crippen molar-refractivity contribution < 1.29 is 24.5 Å². The molecule has 0 aliphatic carbocycles. The number of alkyl halides is 1. The van der Waals surface area contributed by atoms with E-state index < -0.39 is 36.9 Å². The van der Waals surface area contributed by atoms with Gasteiger partial charge < -0.3 is 26.0 Å². The third-order valence-electron chi connectivity index (χ3n) is 2.44. The molecule has 0 aromatic heterocycles. The number of amides is 1. The van der Waals surface area contributed by atoms with Crippen LogP contribution >= 0.6 is 0 Å². The fraction of sp³-hybridized carbons (Fsp3) is 0.875. The molecule has 1 amide bonds. The van der Waals surface area contributed by atoms with Gasteiger partial charge >= 0.3 is 0 Å². The summed E-state index contributed by atoms with van der Waals surface area (Å²) in [5.74, 6) is -0.838. The number of aliphatic hydroxyl groups excluding tert-OH is 3. The van der Waals surface area contributed by atoms with Crippen molar-refractivity contribution in [1.82, 2.24) is 10.6 Å². The molecule has 0 aromatic rings. The van der Waals surface area contributed by atoms with Gasteiger partial charge in [-0.1, -0.05) is 0 Å². The summed E-state index contributed by atoms with van der Waals surface area (Å²) in [5, 5.41) is 32.8. The topological polar surface area (TPSA) is 102 Å². The maximum atomic E-state index is 11.9. The van der Waals surface area contributed by atoms with Gasteiger partial charge in [0.15, 0.2) is 6.67 Å². The Morgan fingerprint density at radius 3 is 2.67 bits per heavy atom. The Kier molecular flexibility index (Phi) is 4.40. The summed E-state index contributed by atoms with van der Waals surface area (Å²) in [6.07, 6.45) is -2.40. The molecule has 0 spiro atoms. The van der Waals surface area contributed by atoms with Gasteiger partial charge in [0.25, 0.3) is 5.91 Å². The third-order valence-corrected chi connectivity index (χ3v) is 2.44. The first-order valence-corrected chi connectivity index (χ1v) is 4.65. The van der Waals surface area contributed by atoms with Crippen molar-refractivity contribution in [3.63, 3.8) is 0 Å². The molecule has 0 bridgehead atoms. The van der Waals surface area contributed by atoms with E-state index in [-0.39, 0.29) is 13.2 Å². The first kappa shape index (κ1) is 12.3. The van der Waals surface area contributed by atoms with Crippen molar-refractivity contribution in [1.29, 1.82) is 0 Å². The number of halogens is 1. The summed E-state index contributed by atoms with van der Waals surface area (Å²) in [6, 6.07) is -1.37. The molecule has 1 aliphatic heterocycles. The second kappa shape index (κ2) is 5.36. The molecule has 1 saturated heterocycles. The summed E-state index contributed by atoms with van der Waals surface area (Å²) in [6.45, 7) is -1.31. The number of carbonyl (C=O) groups is 1. The zero-order valence-corrected chi connectivity index (χ0v) is 8.06. The summed E-state index contributed by atoms with van der Waals surface area (Å²) in [5.41, 5.74) is 0. The molecular weight excluding hydrogens is 207 g/mol. The molecule has 5 N–H and O–H groups in total. The van der Waals surface area contributed by atoms with Crippen LogP contribution in [0.3, 0.4) is 0 Å². The van der Waals surface area contributed by atoms with Crippen LogP contribution in [0.5, 0.6) is 0 Å². The van der Waals surface area contributed by atoms with Crippen LogP contribution in [0.4, 0.5) is 4.39 Å². The van der Waals surface area contributed by atoms with Gasteiger partial charge in [0.05, 0.1) is 24.8 Å². The Morgan fingerprint density at radius 2 is 2.13 bits per heavy atom. The molecule has 1 aliphatic rings. The Bertz CT molecular complexity index is 229. The molecule has 0 unspecified atom stereocenters. The van der Waals surface area contributed by atoms with Crippen LogP contribution in [0.15, 0.2) is 0 Å². The van der Waals surface area contributed by atoms with Crippen LogP contribution in [0.1, 0.15) is 0 Å². The number of aliphatic hydroxyl groups is 3. The second-order valence-corrected chi connectivity index (χ2v) is 3.49. The van der Waals surface area contributed by atoms with E-state index in [4.69, 9.17) is 5.11 Å². The van der Waals surface area contributed by atoms with Crippen molar-refractivity contribution in [3.8, 4) is 0 Å². The molecule has 1 fully saturated rings. The molecule has 0 saturated carbocycles. The van der Waals surface area contributed by atoms with E-state index in [0.29, 0.717) is 0 Å². The fourth-order valence-corrected chi connectivity index (χ4v) is 1.55. The van der Waals surface area contributed by atoms with E-state index >= 15 is 0 Å².